The van der Waals surface area contributed by atoms with Crippen molar-refractivity contribution in [1.29, 1.82) is 0 Å². The Morgan fingerprint density at radius 2 is 1.91 bits per heavy atom. The fourth-order valence-corrected chi connectivity index (χ4v) is 3.97. The summed E-state index contributed by atoms with van der Waals surface area (Å²) in [6, 6.07) is 3.83. The molecule has 1 aromatic carbocycles. The van der Waals surface area contributed by atoms with E-state index in [1.165, 1.54) is 18.2 Å². The van der Waals surface area contributed by atoms with Gasteiger partial charge in [0.05, 0.1) is 22.8 Å². The molecular weight excluding hydrogens is 511 g/mol. The van der Waals surface area contributed by atoms with E-state index in [4.69, 9.17) is 55.9 Å². The van der Waals surface area contributed by atoms with E-state index in [0.29, 0.717) is 6.42 Å². The van der Waals surface area contributed by atoms with Gasteiger partial charge in [0.15, 0.2) is 0 Å². The molecule has 32 heavy (non-hydrogen) atoms. The average Bonchev–Trinajstić information content (AvgIpc) is 2.70. The number of carbonyl (C=O) groups is 2. The number of esters is 2. The second-order valence-electron chi connectivity index (χ2n) is 6.77. The van der Waals surface area contributed by atoms with E-state index in [9.17, 15) is 14.7 Å². The molecule has 176 valence electrons. The summed E-state index contributed by atoms with van der Waals surface area (Å²) < 4.78 is 25.7. The van der Waals surface area contributed by atoms with Crippen LogP contribution in [0.3, 0.4) is 0 Å². The Kier molecular flexibility index (Phi) is 9.19. The Hall–Kier alpha value is -1.58. The highest BCUT2D eigenvalue weighted by Gasteiger charge is 2.62. The van der Waals surface area contributed by atoms with Gasteiger partial charge in [-0.1, -0.05) is 71.3 Å². The maximum absolute atomic E-state index is 15.5. The molecular formula is C20H20Cl4FNO6. The number of hydrogen-bond donors (Lipinski definition) is 1. The van der Waals surface area contributed by atoms with Crippen molar-refractivity contribution in [2.24, 2.45) is 5.16 Å². The third-order valence-electron chi connectivity index (χ3n) is 4.44. The predicted octanol–water partition coefficient (Wildman–Crippen LogP) is 5.03. The lowest BCUT2D eigenvalue weighted by Gasteiger charge is -2.40. The number of benzene rings is 1. The smallest absolute Gasteiger partial charge is 0.340 e. The quantitative estimate of drug-likeness (QED) is 0.219. The van der Waals surface area contributed by atoms with Gasteiger partial charge in [-0.2, -0.15) is 0 Å². The van der Waals surface area contributed by atoms with Crippen molar-refractivity contribution in [3.05, 3.63) is 45.5 Å². The summed E-state index contributed by atoms with van der Waals surface area (Å²) in [5.74, 6) is -2.26. The van der Waals surface area contributed by atoms with Gasteiger partial charge < -0.3 is 19.4 Å². The molecule has 12 heteroatoms. The molecule has 3 atom stereocenters. The zero-order valence-corrected chi connectivity index (χ0v) is 20.1. The molecule has 7 nitrogen and oxygen atoms in total. The van der Waals surface area contributed by atoms with Crippen LogP contribution < -0.4 is 0 Å². The molecule has 0 radical (unpaired) electrons. The lowest BCUT2D eigenvalue weighted by molar-refractivity contribution is -0.143. The Bertz CT molecular complexity index is 935. The van der Waals surface area contributed by atoms with Crippen LogP contribution in [0.2, 0.25) is 10.0 Å². The second kappa shape index (κ2) is 11.0. The fourth-order valence-electron chi connectivity index (χ4n) is 2.81. The number of carbonyl (C=O) groups excluding carboxylic acids is 2. The first-order chi connectivity index (χ1) is 15.0. The van der Waals surface area contributed by atoms with Crippen molar-refractivity contribution in [2.75, 3.05) is 13.7 Å². The number of rotatable bonds is 8. The number of halogens is 5. The van der Waals surface area contributed by atoms with Crippen LogP contribution >= 0.6 is 46.4 Å². The zero-order valence-electron chi connectivity index (χ0n) is 17.0. The van der Waals surface area contributed by atoms with Crippen LogP contribution in [-0.4, -0.2) is 52.8 Å². The summed E-state index contributed by atoms with van der Waals surface area (Å²) in [4.78, 5) is 29.8. The molecule has 1 aromatic rings. The summed E-state index contributed by atoms with van der Waals surface area (Å²) >= 11 is 23.8. The number of aliphatic hydroxyl groups is 1. The second-order valence-corrected chi connectivity index (χ2v) is 8.74. The van der Waals surface area contributed by atoms with E-state index in [1.807, 2.05) is 6.92 Å². The van der Waals surface area contributed by atoms with E-state index in [-0.39, 0.29) is 22.2 Å². The molecule has 0 aromatic heterocycles. The monoisotopic (exact) mass is 529 g/mol. The van der Waals surface area contributed by atoms with Gasteiger partial charge in [-0.25, -0.2) is 14.0 Å². The van der Waals surface area contributed by atoms with E-state index < -0.39 is 39.5 Å². The first kappa shape index (κ1) is 26.7. The van der Waals surface area contributed by atoms with Crippen molar-refractivity contribution < 1.29 is 33.4 Å². The summed E-state index contributed by atoms with van der Waals surface area (Å²) in [6.45, 7) is 1.99. The summed E-state index contributed by atoms with van der Waals surface area (Å²) in [6.07, 6.45) is 0.684. The molecule has 0 heterocycles. The average molecular weight is 531 g/mol. The van der Waals surface area contributed by atoms with Crippen LogP contribution in [0.5, 0.6) is 0 Å². The number of alkyl halides is 3. The minimum absolute atomic E-state index is 0.0280. The lowest BCUT2D eigenvalue weighted by Crippen LogP contribution is -2.59. The van der Waals surface area contributed by atoms with Crippen LogP contribution in [0, 0.1) is 0 Å². The maximum Gasteiger partial charge on any atom is 0.340 e. The largest absolute Gasteiger partial charge is 0.462 e. The van der Waals surface area contributed by atoms with Gasteiger partial charge in [0.1, 0.15) is 12.8 Å². The molecule has 1 aliphatic rings. The van der Waals surface area contributed by atoms with E-state index >= 15 is 4.39 Å². The Balaban J connectivity index is 2.42. The topological polar surface area (TPSA) is 94.4 Å². The van der Waals surface area contributed by atoms with Crippen LogP contribution in [0.4, 0.5) is 4.39 Å². The van der Waals surface area contributed by atoms with Crippen molar-refractivity contribution in [2.45, 2.75) is 42.5 Å². The molecule has 0 bridgehead atoms. The van der Waals surface area contributed by atoms with E-state index in [1.54, 1.807) is 0 Å². The van der Waals surface area contributed by atoms with Crippen molar-refractivity contribution >= 4 is 64.1 Å². The zero-order chi connectivity index (χ0) is 24.1. The predicted molar refractivity (Wildman–Crippen MR) is 119 cm³/mol. The third-order valence-corrected chi connectivity index (χ3v) is 5.79. The van der Waals surface area contributed by atoms with Gasteiger partial charge in [0.25, 0.3) is 5.13 Å². The van der Waals surface area contributed by atoms with Gasteiger partial charge in [-0.3, -0.25) is 0 Å². The highest BCUT2D eigenvalue weighted by atomic mass is 35.5. The number of ether oxygens (including phenoxy) is 2. The number of unbranched alkanes of at least 4 members (excludes halogenated alkanes) is 2. The Morgan fingerprint density at radius 3 is 2.50 bits per heavy atom. The fraction of sp³-hybridized carbons (Fsp3) is 0.450. The molecule has 0 amide bonds. The minimum Gasteiger partial charge on any atom is -0.462 e. The molecule has 0 spiro atoms. The molecule has 0 aliphatic heterocycles. The molecule has 1 N–H and O–H groups in total. The van der Waals surface area contributed by atoms with Gasteiger partial charge >= 0.3 is 11.9 Å². The Labute approximate surface area is 204 Å². The highest BCUT2D eigenvalue weighted by molar-refractivity contribution is 6.41. The molecule has 0 saturated heterocycles. The standard InChI is InChI=1S/C20H20Cl4FNO6/c1-3-4-5-8-31-17(28)13-10-15(26-30-2)19(23,25)18(20(13,24)29)32-16(27)12-7-6-11(21)9-14(12)22/h6-7,9-10,18,29H,3-5,8H2,1-2H3/t18-,19-,20-/m0/s1. The van der Waals surface area contributed by atoms with Gasteiger partial charge in [0, 0.05) is 5.02 Å². The van der Waals surface area contributed by atoms with Crippen LogP contribution in [0.25, 0.3) is 0 Å². The summed E-state index contributed by atoms with van der Waals surface area (Å²) in [7, 11) is 1.10. The van der Waals surface area contributed by atoms with E-state index in [2.05, 4.69) is 9.99 Å². The number of oxime groups is 1. The van der Waals surface area contributed by atoms with Gasteiger partial charge in [-0.05, 0) is 30.7 Å². The SMILES string of the molecule is CCCCCOC(=O)C1=CC(=NOC)[C@@](F)(Cl)[C@H](OC(=O)c2ccc(Cl)cc2Cl)[C@]1(O)Cl. The van der Waals surface area contributed by atoms with Crippen molar-refractivity contribution in [3.63, 3.8) is 0 Å². The summed E-state index contributed by atoms with van der Waals surface area (Å²) in [5, 5.41) is 8.32. The normalized spacial score (nSPS) is 26.4. The molecule has 0 saturated carbocycles. The van der Waals surface area contributed by atoms with Crippen molar-refractivity contribution in [3.8, 4) is 0 Å². The number of nitrogens with zero attached hydrogens (tertiary/aromatic N) is 1. The maximum atomic E-state index is 15.5. The van der Waals surface area contributed by atoms with Crippen molar-refractivity contribution in [1.82, 2.24) is 0 Å². The first-order valence-corrected chi connectivity index (χ1v) is 10.9. The first-order valence-electron chi connectivity index (χ1n) is 9.42. The minimum atomic E-state index is -3.17. The van der Waals surface area contributed by atoms with Crippen LogP contribution in [-0.2, 0) is 19.1 Å². The molecule has 0 unspecified atom stereocenters. The molecule has 0 fully saturated rings. The molecule has 1 aliphatic carbocycles. The van der Waals surface area contributed by atoms with Gasteiger partial charge in [0.2, 0.25) is 11.2 Å². The molecule has 2 rings (SSSR count). The van der Waals surface area contributed by atoms with E-state index in [0.717, 1.165) is 26.0 Å². The van der Waals surface area contributed by atoms with Crippen LogP contribution in [0.15, 0.2) is 35.0 Å². The highest BCUT2D eigenvalue weighted by Crippen LogP contribution is 2.45. The third kappa shape index (κ3) is 5.85. The number of allylic oxidation sites excluding steroid dienone is 1. The number of hydrogen-bond acceptors (Lipinski definition) is 7. The van der Waals surface area contributed by atoms with Crippen LogP contribution in [0.1, 0.15) is 36.5 Å². The lowest BCUT2D eigenvalue weighted by atomic mass is 9.89. The van der Waals surface area contributed by atoms with Gasteiger partial charge in [-0.15, -0.1) is 0 Å². The Morgan fingerprint density at radius 1 is 1.22 bits per heavy atom. The summed E-state index contributed by atoms with van der Waals surface area (Å²) in [5.41, 5.74) is -1.52.